The summed E-state index contributed by atoms with van der Waals surface area (Å²) in [5, 5.41) is 0.700. The largest absolute Gasteiger partial charge is 0.380 e. The zero-order valence-electron chi connectivity index (χ0n) is 8.13. The molecule has 76 valence electrons. The fourth-order valence-electron chi connectivity index (χ4n) is 1.34. The van der Waals surface area contributed by atoms with Gasteiger partial charge in [-0.25, -0.2) is 0 Å². The van der Waals surface area contributed by atoms with E-state index in [1.54, 1.807) is 7.11 Å². The first-order chi connectivity index (χ1) is 6.77. The van der Waals surface area contributed by atoms with Gasteiger partial charge >= 0.3 is 0 Å². The molecule has 0 saturated heterocycles. The maximum atomic E-state index is 10.3. The Morgan fingerprint density at radius 3 is 2.86 bits per heavy atom. The Hall–Kier alpha value is -0.860. The Kier molecular flexibility index (Phi) is 4.63. The lowest BCUT2D eigenvalue weighted by Crippen LogP contribution is -1.96. The molecule has 2 nitrogen and oxygen atoms in total. The minimum atomic E-state index is 0.525. The summed E-state index contributed by atoms with van der Waals surface area (Å²) in [5.74, 6) is 0. The van der Waals surface area contributed by atoms with Crippen LogP contribution in [0.2, 0.25) is 5.02 Å². The second-order valence-electron chi connectivity index (χ2n) is 3.05. The van der Waals surface area contributed by atoms with Gasteiger partial charge in [-0.1, -0.05) is 17.7 Å². The molecule has 0 amide bonds. The molecule has 0 bridgehead atoms. The molecule has 3 heteroatoms. The monoisotopic (exact) mass is 212 g/mol. The lowest BCUT2D eigenvalue weighted by Gasteiger charge is -2.07. The predicted molar refractivity (Wildman–Crippen MR) is 56.6 cm³/mol. The Labute approximate surface area is 88.8 Å². The molecule has 0 saturated carbocycles. The number of halogens is 1. The topological polar surface area (TPSA) is 26.3 Å². The van der Waals surface area contributed by atoms with E-state index < -0.39 is 0 Å². The van der Waals surface area contributed by atoms with E-state index >= 15 is 0 Å². The standard InChI is InChI=1S/C11H13ClO2/c1-14-8-10-4-5-11(12)7-9(10)3-2-6-13/h4-7H,2-3,8H2,1H3. The smallest absolute Gasteiger partial charge is 0.120 e. The van der Waals surface area contributed by atoms with E-state index in [-0.39, 0.29) is 0 Å². The van der Waals surface area contributed by atoms with Crippen molar-refractivity contribution in [2.24, 2.45) is 0 Å². The minimum absolute atomic E-state index is 0.525. The van der Waals surface area contributed by atoms with Crippen LogP contribution in [0.25, 0.3) is 0 Å². The van der Waals surface area contributed by atoms with Gasteiger partial charge in [0.1, 0.15) is 6.29 Å². The van der Waals surface area contributed by atoms with Gasteiger partial charge in [0.25, 0.3) is 0 Å². The molecule has 14 heavy (non-hydrogen) atoms. The highest BCUT2D eigenvalue weighted by atomic mass is 35.5. The summed E-state index contributed by atoms with van der Waals surface area (Å²) in [7, 11) is 1.65. The molecule has 0 atom stereocenters. The van der Waals surface area contributed by atoms with Gasteiger partial charge in [0.05, 0.1) is 6.61 Å². The molecule has 0 unspecified atom stereocenters. The van der Waals surface area contributed by atoms with E-state index in [2.05, 4.69) is 0 Å². The van der Waals surface area contributed by atoms with Crippen LogP contribution in [0, 0.1) is 0 Å². The number of ether oxygens (including phenoxy) is 1. The van der Waals surface area contributed by atoms with Gasteiger partial charge in [-0.15, -0.1) is 0 Å². The number of carbonyl (C=O) groups excluding carboxylic acids is 1. The van der Waals surface area contributed by atoms with Gasteiger partial charge in [-0.2, -0.15) is 0 Å². The van der Waals surface area contributed by atoms with Crippen LogP contribution in [0.15, 0.2) is 18.2 Å². The molecule has 0 aliphatic heterocycles. The van der Waals surface area contributed by atoms with E-state index in [0.29, 0.717) is 18.1 Å². The van der Waals surface area contributed by atoms with Gasteiger partial charge < -0.3 is 9.53 Å². The molecular formula is C11H13ClO2. The van der Waals surface area contributed by atoms with Crippen molar-refractivity contribution in [1.29, 1.82) is 0 Å². The molecule has 0 aliphatic rings. The molecule has 0 spiro atoms. The van der Waals surface area contributed by atoms with E-state index in [1.807, 2.05) is 18.2 Å². The van der Waals surface area contributed by atoms with Crippen molar-refractivity contribution < 1.29 is 9.53 Å². The molecule has 1 rings (SSSR count). The number of hydrogen-bond donors (Lipinski definition) is 0. The molecule has 0 radical (unpaired) electrons. The summed E-state index contributed by atoms with van der Waals surface area (Å²) in [4.78, 5) is 10.3. The van der Waals surface area contributed by atoms with Gasteiger partial charge in [0.2, 0.25) is 0 Å². The third kappa shape index (κ3) is 3.13. The summed E-state index contributed by atoms with van der Waals surface area (Å²) in [6, 6.07) is 5.66. The average molecular weight is 213 g/mol. The Morgan fingerprint density at radius 1 is 1.43 bits per heavy atom. The fourth-order valence-corrected chi connectivity index (χ4v) is 1.53. The number of rotatable bonds is 5. The summed E-state index contributed by atoms with van der Waals surface area (Å²) < 4.78 is 5.06. The number of methoxy groups -OCH3 is 1. The van der Waals surface area contributed by atoms with Crippen molar-refractivity contribution in [2.75, 3.05) is 7.11 Å². The Balaban J connectivity index is 2.84. The summed E-state index contributed by atoms with van der Waals surface area (Å²) >= 11 is 5.87. The Bertz CT molecular complexity index is 310. The van der Waals surface area contributed by atoms with E-state index in [4.69, 9.17) is 16.3 Å². The summed E-state index contributed by atoms with van der Waals surface area (Å²) in [6.07, 6.45) is 2.16. The van der Waals surface area contributed by atoms with E-state index in [0.717, 1.165) is 23.8 Å². The zero-order chi connectivity index (χ0) is 10.4. The maximum Gasteiger partial charge on any atom is 0.120 e. The Morgan fingerprint density at radius 2 is 2.21 bits per heavy atom. The highest BCUT2D eigenvalue weighted by molar-refractivity contribution is 6.30. The highest BCUT2D eigenvalue weighted by Gasteiger charge is 2.02. The van der Waals surface area contributed by atoms with Crippen LogP contribution in [0.3, 0.4) is 0 Å². The van der Waals surface area contributed by atoms with Crippen LogP contribution < -0.4 is 0 Å². The van der Waals surface area contributed by atoms with E-state index in [9.17, 15) is 4.79 Å². The first kappa shape index (κ1) is 11.2. The van der Waals surface area contributed by atoms with Gasteiger partial charge in [0, 0.05) is 18.6 Å². The molecular weight excluding hydrogens is 200 g/mol. The minimum Gasteiger partial charge on any atom is -0.380 e. The van der Waals surface area contributed by atoms with Gasteiger partial charge in [-0.05, 0) is 29.7 Å². The summed E-state index contributed by atoms with van der Waals surface area (Å²) in [6.45, 7) is 0.561. The van der Waals surface area contributed by atoms with Crippen molar-refractivity contribution in [2.45, 2.75) is 19.4 Å². The van der Waals surface area contributed by atoms with Crippen molar-refractivity contribution >= 4 is 17.9 Å². The normalized spacial score (nSPS) is 10.1. The third-order valence-corrected chi connectivity index (χ3v) is 2.23. The molecule has 0 aliphatic carbocycles. The number of benzene rings is 1. The quantitative estimate of drug-likeness (QED) is 0.702. The van der Waals surface area contributed by atoms with Crippen LogP contribution in [0.5, 0.6) is 0 Å². The van der Waals surface area contributed by atoms with Crippen LogP contribution in [-0.4, -0.2) is 13.4 Å². The second-order valence-corrected chi connectivity index (χ2v) is 3.49. The summed E-state index contributed by atoms with van der Waals surface area (Å²) in [5.41, 5.74) is 2.19. The number of aryl methyl sites for hydroxylation is 1. The molecule has 0 fully saturated rings. The van der Waals surface area contributed by atoms with Crippen molar-refractivity contribution in [1.82, 2.24) is 0 Å². The number of carbonyl (C=O) groups is 1. The third-order valence-electron chi connectivity index (χ3n) is 2.00. The average Bonchev–Trinajstić information content (AvgIpc) is 2.18. The molecule has 1 aromatic carbocycles. The number of aldehydes is 1. The van der Waals surface area contributed by atoms with Crippen molar-refractivity contribution in [3.63, 3.8) is 0 Å². The molecule has 0 N–H and O–H groups in total. The highest BCUT2D eigenvalue weighted by Crippen LogP contribution is 2.18. The van der Waals surface area contributed by atoms with Crippen LogP contribution in [0.4, 0.5) is 0 Å². The first-order valence-electron chi connectivity index (χ1n) is 4.47. The van der Waals surface area contributed by atoms with Crippen molar-refractivity contribution in [3.05, 3.63) is 34.3 Å². The van der Waals surface area contributed by atoms with E-state index in [1.165, 1.54) is 0 Å². The molecule has 0 heterocycles. The predicted octanol–water partition coefficient (Wildman–Crippen LogP) is 2.62. The lowest BCUT2D eigenvalue weighted by molar-refractivity contribution is -0.107. The van der Waals surface area contributed by atoms with Gasteiger partial charge in [-0.3, -0.25) is 0 Å². The van der Waals surface area contributed by atoms with Crippen LogP contribution in [-0.2, 0) is 22.6 Å². The van der Waals surface area contributed by atoms with Crippen LogP contribution >= 0.6 is 11.6 Å². The number of hydrogen-bond acceptors (Lipinski definition) is 2. The zero-order valence-corrected chi connectivity index (χ0v) is 8.88. The van der Waals surface area contributed by atoms with Crippen molar-refractivity contribution in [3.8, 4) is 0 Å². The molecule has 0 aromatic heterocycles. The van der Waals surface area contributed by atoms with Gasteiger partial charge in [0.15, 0.2) is 0 Å². The maximum absolute atomic E-state index is 10.3. The first-order valence-corrected chi connectivity index (χ1v) is 4.85. The lowest BCUT2D eigenvalue weighted by atomic mass is 10.0. The molecule has 1 aromatic rings. The second kappa shape index (κ2) is 5.78. The fraction of sp³-hybridized carbons (Fsp3) is 0.364. The van der Waals surface area contributed by atoms with Crippen LogP contribution in [0.1, 0.15) is 17.5 Å². The SMILES string of the molecule is COCc1ccc(Cl)cc1CCC=O.